The Kier molecular flexibility index (Phi) is 3.45. The molecule has 0 saturated heterocycles. The zero-order chi connectivity index (χ0) is 13.1. The van der Waals surface area contributed by atoms with E-state index in [0.717, 1.165) is 18.9 Å². The Labute approximate surface area is 103 Å². The van der Waals surface area contributed by atoms with E-state index in [1.807, 2.05) is 0 Å². The molecule has 5 nitrogen and oxygen atoms in total. The summed E-state index contributed by atoms with van der Waals surface area (Å²) in [6, 6.07) is 2.86. The fourth-order valence-electron chi connectivity index (χ4n) is 1.48. The van der Waals surface area contributed by atoms with Gasteiger partial charge >= 0.3 is 12.0 Å². The second kappa shape index (κ2) is 5.03. The molecular weight excluding hydrogens is 239 g/mol. The van der Waals surface area contributed by atoms with E-state index >= 15 is 0 Å². The summed E-state index contributed by atoms with van der Waals surface area (Å²) >= 11 is 0. The van der Waals surface area contributed by atoms with Gasteiger partial charge in [-0.2, -0.15) is 0 Å². The molecule has 1 saturated carbocycles. The average Bonchev–Trinajstić information content (AvgIpc) is 3.13. The SMILES string of the molecule is O=C(NCC1CC1)Nc1ccc(C(=O)O)cc1F. The number of carbonyl (C=O) groups is 2. The van der Waals surface area contributed by atoms with E-state index in [0.29, 0.717) is 12.5 Å². The number of hydrogen-bond donors (Lipinski definition) is 3. The van der Waals surface area contributed by atoms with Gasteiger partial charge in [0, 0.05) is 6.54 Å². The summed E-state index contributed by atoms with van der Waals surface area (Å²) in [5.74, 6) is -1.44. The second-order valence-corrected chi connectivity index (χ2v) is 4.28. The van der Waals surface area contributed by atoms with Gasteiger partial charge in [0.1, 0.15) is 5.82 Å². The van der Waals surface area contributed by atoms with Gasteiger partial charge < -0.3 is 15.7 Å². The van der Waals surface area contributed by atoms with Crippen LogP contribution in [0.25, 0.3) is 0 Å². The lowest BCUT2D eigenvalue weighted by Gasteiger charge is -2.08. The van der Waals surface area contributed by atoms with Gasteiger partial charge in [0.15, 0.2) is 0 Å². The molecule has 1 aromatic carbocycles. The Balaban J connectivity index is 1.95. The van der Waals surface area contributed by atoms with Crippen molar-refractivity contribution in [1.82, 2.24) is 5.32 Å². The molecule has 0 bridgehead atoms. The molecule has 1 aromatic rings. The van der Waals surface area contributed by atoms with Crippen LogP contribution in [0.2, 0.25) is 0 Å². The van der Waals surface area contributed by atoms with Crippen LogP contribution in [-0.4, -0.2) is 23.7 Å². The number of carboxylic acid groups (broad SMARTS) is 1. The van der Waals surface area contributed by atoms with Crippen LogP contribution in [0.4, 0.5) is 14.9 Å². The summed E-state index contributed by atoms with van der Waals surface area (Å²) in [4.78, 5) is 22.0. The molecule has 2 rings (SSSR count). The molecule has 6 heteroatoms. The summed E-state index contributed by atoms with van der Waals surface area (Å²) in [6.07, 6.45) is 2.23. The quantitative estimate of drug-likeness (QED) is 0.767. The molecule has 96 valence electrons. The van der Waals surface area contributed by atoms with Gasteiger partial charge in [-0.25, -0.2) is 14.0 Å². The van der Waals surface area contributed by atoms with Gasteiger partial charge in [-0.05, 0) is 37.0 Å². The van der Waals surface area contributed by atoms with E-state index in [-0.39, 0.29) is 11.3 Å². The third-order valence-electron chi connectivity index (χ3n) is 2.71. The minimum absolute atomic E-state index is 0.0340. The first-order chi connectivity index (χ1) is 8.56. The van der Waals surface area contributed by atoms with Gasteiger partial charge in [0.05, 0.1) is 11.3 Å². The lowest BCUT2D eigenvalue weighted by atomic mass is 10.2. The summed E-state index contributed by atoms with van der Waals surface area (Å²) in [6.45, 7) is 0.584. The minimum atomic E-state index is -1.21. The highest BCUT2D eigenvalue weighted by atomic mass is 19.1. The fourth-order valence-corrected chi connectivity index (χ4v) is 1.48. The van der Waals surface area contributed by atoms with E-state index < -0.39 is 17.8 Å². The summed E-state index contributed by atoms with van der Waals surface area (Å²) in [5, 5.41) is 13.6. The Hall–Kier alpha value is -2.11. The van der Waals surface area contributed by atoms with Gasteiger partial charge in [-0.15, -0.1) is 0 Å². The monoisotopic (exact) mass is 252 g/mol. The molecule has 2 amide bonds. The van der Waals surface area contributed by atoms with E-state index in [9.17, 15) is 14.0 Å². The number of rotatable bonds is 4. The van der Waals surface area contributed by atoms with Crippen LogP contribution in [0.3, 0.4) is 0 Å². The molecule has 0 atom stereocenters. The standard InChI is InChI=1S/C12H13FN2O3/c13-9-5-8(11(16)17)3-4-10(9)15-12(18)14-6-7-1-2-7/h3-5,7H,1-2,6H2,(H,16,17)(H2,14,15,18). The third-order valence-corrected chi connectivity index (χ3v) is 2.71. The number of urea groups is 1. The van der Waals surface area contributed by atoms with Crippen molar-refractivity contribution in [2.24, 2.45) is 5.92 Å². The van der Waals surface area contributed by atoms with Gasteiger partial charge in [0.25, 0.3) is 0 Å². The maximum atomic E-state index is 13.5. The number of carbonyl (C=O) groups excluding carboxylic acids is 1. The predicted molar refractivity (Wildman–Crippen MR) is 63.1 cm³/mol. The molecule has 0 unspecified atom stereocenters. The zero-order valence-electron chi connectivity index (χ0n) is 9.57. The van der Waals surface area contributed by atoms with Crippen molar-refractivity contribution in [2.75, 3.05) is 11.9 Å². The molecule has 0 spiro atoms. The van der Waals surface area contributed by atoms with Gasteiger partial charge in [-0.3, -0.25) is 0 Å². The highest BCUT2D eigenvalue weighted by Crippen LogP contribution is 2.27. The van der Waals surface area contributed by atoms with Crippen molar-refractivity contribution in [1.29, 1.82) is 0 Å². The molecule has 0 aromatic heterocycles. The van der Waals surface area contributed by atoms with Crippen molar-refractivity contribution in [3.05, 3.63) is 29.6 Å². The van der Waals surface area contributed by atoms with Gasteiger partial charge in [0.2, 0.25) is 0 Å². The molecule has 1 aliphatic rings. The van der Waals surface area contributed by atoms with Crippen molar-refractivity contribution in [2.45, 2.75) is 12.8 Å². The lowest BCUT2D eigenvalue weighted by molar-refractivity contribution is 0.0696. The van der Waals surface area contributed by atoms with Crippen LogP contribution in [-0.2, 0) is 0 Å². The molecule has 3 N–H and O–H groups in total. The third kappa shape index (κ3) is 3.19. The Morgan fingerprint density at radius 1 is 1.39 bits per heavy atom. The largest absolute Gasteiger partial charge is 0.478 e. The van der Waals surface area contributed by atoms with Crippen LogP contribution in [0.5, 0.6) is 0 Å². The molecular formula is C12H13FN2O3. The van der Waals surface area contributed by atoms with Crippen LogP contribution >= 0.6 is 0 Å². The zero-order valence-corrected chi connectivity index (χ0v) is 9.57. The predicted octanol–water partition coefficient (Wildman–Crippen LogP) is 2.06. The molecule has 18 heavy (non-hydrogen) atoms. The normalized spacial score (nSPS) is 14.1. The number of hydrogen-bond acceptors (Lipinski definition) is 2. The fraction of sp³-hybridized carbons (Fsp3) is 0.333. The first-order valence-corrected chi connectivity index (χ1v) is 5.64. The first-order valence-electron chi connectivity index (χ1n) is 5.64. The maximum absolute atomic E-state index is 13.5. The summed E-state index contributed by atoms with van der Waals surface area (Å²) in [7, 11) is 0. The number of nitrogens with one attached hydrogen (secondary N) is 2. The molecule has 0 aliphatic heterocycles. The molecule has 0 heterocycles. The number of halogens is 1. The smallest absolute Gasteiger partial charge is 0.335 e. The maximum Gasteiger partial charge on any atom is 0.335 e. The van der Waals surface area contributed by atoms with Crippen LogP contribution < -0.4 is 10.6 Å². The highest BCUT2D eigenvalue weighted by Gasteiger charge is 2.21. The van der Waals surface area contributed by atoms with E-state index in [1.54, 1.807) is 0 Å². The van der Waals surface area contributed by atoms with E-state index in [1.165, 1.54) is 12.1 Å². The topological polar surface area (TPSA) is 78.4 Å². The lowest BCUT2D eigenvalue weighted by Crippen LogP contribution is -2.30. The number of carboxylic acids is 1. The van der Waals surface area contributed by atoms with Crippen LogP contribution in [0.15, 0.2) is 18.2 Å². The average molecular weight is 252 g/mol. The first kappa shape index (κ1) is 12.3. The highest BCUT2D eigenvalue weighted by molar-refractivity contribution is 5.91. The van der Waals surface area contributed by atoms with Crippen molar-refractivity contribution < 1.29 is 19.1 Å². The van der Waals surface area contributed by atoms with E-state index in [2.05, 4.69) is 10.6 Å². The molecule has 1 aliphatic carbocycles. The number of benzene rings is 1. The van der Waals surface area contributed by atoms with E-state index in [4.69, 9.17) is 5.11 Å². The second-order valence-electron chi connectivity index (χ2n) is 4.28. The van der Waals surface area contributed by atoms with Crippen molar-refractivity contribution in [3.63, 3.8) is 0 Å². The number of aromatic carboxylic acids is 1. The number of anilines is 1. The number of amides is 2. The summed E-state index contributed by atoms with van der Waals surface area (Å²) in [5.41, 5.74) is -0.190. The Morgan fingerprint density at radius 2 is 2.11 bits per heavy atom. The van der Waals surface area contributed by atoms with Crippen molar-refractivity contribution in [3.8, 4) is 0 Å². The van der Waals surface area contributed by atoms with Gasteiger partial charge in [-0.1, -0.05) is 0 Å². The Morgan fingerprint density at radius 3 is 2.67 bits per heavy atom. The minimum Gasteiger partial charge on any atom is -0.478 e. The van der Waals surface area contributed by atoms with Crippen LogP contribution in [0, 0.1) is 11.7 Å². The van der Waals surface area contributed by atoms with Crippen LogP contribution in [0.1, 0.15) is 23.2 Å². The van der Waals surface area contributed by atoms with Crippen molar-refractivity contribution >= 4 is 17.7 Å². The Bertz CT molecular complexity index is 486. The molecule has 1 fully saturated rings. The molecule has 0 radical (unpaired) electrons. The summed E-state index contributed by atoms with van der Waals surface area (Å²) < 4.78 is 13.5.